The van der Waals surface area contributed by atoms with Crippen LogP contribution in [-0.2, 0) is 4.79 Å². The van der Waals surface area contributed by atoms with Gasteiger partial charge in [0.25, 0.3) is 5.91 Å². The molecular weight excluding hydrogens is 288 g/mol. The number of benzene rings is 2. The van der Waals surface area contributed by atoms with Crippen LogP contribution in [0.4, 0.5) is 5.69 Å². The van der Waals surface area contributed by atoms with Crippen LogP contribution in [0.1, 0.15) is 18.1 Å². The van der Waals surface area contributed by atoms with Gasteiger partial charge in [0.1, 0.15) is 17.4 Å². The average molecular weight is 306 g/mol. The molecule has 2 aromatic rings. The molecule has 0 radical (unpaired) electrons. The summed E-state index contributed by atoms with van der Waals surface area (Å²) in [6, 6.07) is 16.7. The third-order valence-electron chi connectivity index (χ3n) is 3.15. The van der Waals surface area contributed by atoms with Crippen LogP contribution in [0.25, 0.3) is 6.08 Å². The Morgan fingerprint density at radius 3 is 2.74 bits per heavy atom. The maximum atomic E-state index is 12.3. The normalized spacial score (nSPS) is 10.7. The Balaban J connectivity index is 2.23. The lowest BCUT2D eigenvalue weighted by Crippen LogP contribution is -2.14. The van der Waals surface area contributed by atoms with Crippen molar-refractivity contribution in [2.45, 2.75) is 13.8 Å². The van der Waals surface area contributed by atoms with Crippen LogP contribution >= 0.6 is 0 Å². The highest BCUT2D eigenvalue weighted by molar-refractivity contribution is 6.10. The zero-order valence-electron chi connectivity index (χ0n) is 13.2. The number of aryl methyl sites for hydroxylation is 1. The van der Waals surface area contributed by atoms with E-state index < -0.39 is 5.91 Å². The molecule has 0 aliphatic heterocycles. The van der Waals surface area contributed by atoms with Crippen LogP contribution in [0.15, 0.2) is 54.1 Å². The Labute approximate surface area is 136 Å². The van der Waals surface area contributed by atoms with Gasteiger partial charge in [0.2, 0.25) is 0 Å². The first-order valence-electron chi connectivity index (χ1n) is 7.35. The fourth-order valence-electron chi connectivity index (χ4n) is 2.12. The van der Waals surface area contributed by atoms with Gasteiger partial charge in [0, 0.05) is 0 Å². The van der Waals surface area contributed by atoms with E-state index in [1.807, 2.05) is 50.2 Å². The highest BCUT2D eigenvalue weighted by Crippen LogP contribution is 2.24. The first kappa shape index (κ1) is 16.3. The Hall–Kier alpha value is -3.06. The third-order valence-corrected chi connectivity index (χ3v) is 3.15. The molecule has 0 aliphatic rings. The second kappa shape index (κ2) is 7.81. The number of hydrogen-bond donors (Lipinski definition) is 1. The van der Waals surface area contributed by atoms with Gasteiger partial charge < -0.3 is 10.1 Å². The van der Waals surface area contributed by atoms with Crippen LogP contribution in [0.3, 0.4) is 0 Å². The van der Waals surface area contributed by atoms with E-state index in [1.165, 1.54) is 0 Å². The molecule has 0 bridgehead atoms. The van der Waals surface area contributed by atoms with E-state index >= 15 is 0 Å². The summed E-state index contributed by atoms with van der Waals surface area (Å²) >= 11 is 0. The minimum absolute atomic E-state index is 0.0434. The largest absolute Gasteiger partial charge is 0.492 e. The lowest BCUT2D eigenvalue weighted by Gasteiger charge is -2.10. The molecule has 116 valence electrons. The number of amides is 1. The van der Waals surface area contributed by atoms with Gasteiger partial charge in [-0.05, 0) is 37.6 Å². The summed E-state index contributed by atoms with van der Waals surface area (Å²) in [7, 11) is 0. The standard InChI is InChI=1S/C19H18N2O2/c1-3-23-18-10-5-4-9-17(18)21-19(22)16(13-20)12-15-8-6-7-14(2)11-15/h4-12H,3H2,1-2H3,(H,21,22)/b16-12+. The summed E-state index contributed by atoms with van der Waals surface area (Å²) in [6.07, 6.45) is 1.58. The molecule has 2 rings (SSSR count). The number of rotatable bonds is 5. The third kappa shape index (κ3) is 4.45. The molecule has 4 heteroatoms. The molecule has 0 spiro atoms. The molecule has 23 heavy (non-hydrogen) atoms. The van der Waals surface area contributed by atoms with E-state index in [4.69, 9.17) is 4.74 Å². The molecule has 0 fully saturated rings. The van der Waals surface area contributed by atoms with Crippen molar-refractivity contribution in [3.8, 4) is 11.8 Å². The molecular formula is C19H18N2O2. The molecule has 0 aromatic heterocycles. The zero-order chi connectivity index (χ0) is 16.7. The predicted molar refractivity (Wildman–Crippen MR) is 91.0 cm³/mol. The monoisotopic (exact) mass is 306 g/mol. The van der Waals surface area contributed by atoms with Crippen molar-refractivity contribution in [2.24, 2.45) is 0 Å². The Morgan fingerprint density at radius 2 is 2.04 bits per heavy atom. The van der Waals surface area contributed by atoms with Gasteiger partial charge in [-0.2, -0.15) is 5.26 Å². The van der Waals surface area contributed by atoms with E-state index in [0.717, 1.165) is 11.1 Å². The second-order valence-corrected chi connectivity index (χ2v) is 4.97. The van der Waals surface area contributed by atoms with E-state index in [0.29, 0.717) is 18.0 Å². The molecule has 0 saturated carbocycles. The molecule has 2 aromatic carbocycles. The van der Waals surface area contributed by atoms with Gasteiger partial charge in [-0.1, -0.05) is 42.0 Å². The minimum Gasteiger partial charge on any atom is -0.492 e. The second-order valence-electron chi connectivity index (χ2n) is 4.97. The quantitative estimate of drug-likeness (QED) is 0.672. The van der Waals surface area contributed by atoms with Gasteiger partial charge in [-0.3, -0.25) is 4.79 Å². The number of carbonyl (C=O) groups is 1. The van der Waals surface area contributed by atoms with Crippen molar-refractivity contribution < 1.29 is 9.53 Å². The van der Waals surface area contributed by atoms with Crippen LogP contribution in [-0.4, -0.2) is 12.5 Å². The first-order valence-corrected chi connectivity index (χ1v) is 7.35. The van der Waals surface area contributed by atoms with Crippen LogP contribution in [0.5, 0.6) is 5.75 Å². The van der Waals surface area contributed by atoms with E-state index in [1.54, 1.807) is 24.3 Å². The molecule has 0 saturated heterocycles. The molecule has 0 heterocycles. The van der Waals surface area contributed by atoms with Gasteiger partial charge >= 0.3 is 0 Å². The van der Waals surface area contributed by atoms with Crippen molar-refractivity contribution in [1.29, 1.82) is 5.26 Å². The number of anilines is 1. The number of para-hydroxylation sites is 2. The molecule has 0 aliphatic carbocycles. The lowest BCUT2D eigenvalue weighted by molar-refractivity contribution is -0.112. The lowest BCUT2D eigenvalue weighted by atomic mass is 10.1. The van der Waals surface area contributed by atoms with E-state index in [2.05, 4.69) is 5.32 Å². The number of carbonyl (C=O) groups excluding carboxylic acids is 1. The Bertz CT molecular complexity index is 773. The van der Waals surface area contributed by atoms with Crippen molar-refractivity contribution in [2.75, 3.05) is 11.9 Å². The topological polar surface area (TPSA) is 62.1 Å². The summed E-state index contributed by atoms with van der Waals surface area (Å²) in [5, 5.41) is 12.0. The Morgan fingerprint density at radius 1 is 1.26 bits per heavy atom. The summed E-state index contributed by atoms with van der Waals surface area (Å²) in [5.41, 5.74) is 2.47. The summed E-state index contributed by atoms with van der Waals surface area (Å²) < 4.78 is 5.47. The maximum absolute atomic E-state index is 12.3. The zero-order valence-corrected chi connectivity index (χ0v) is 13.2. The van der Waals surface area contributed by atoms with Gasteiger partial charge in [-0.25, -0.2) is 0 Å². The molecule has 4 nitrogen and oxygen atoms in total. The summed E-state index contributed by atoms with van der Waals surface area (Å²) in [6.45, 7) is 4.33. The van der Waals surface area contributed by atoms with Crippen molar-refractivity contribution in [3.05, 3.63) is 65.2 Å². The van der Waals surface area contributed by atoms with Gasteiger partial charge in [0.05, 0.1) is 12.3 Å². The highest BCUT2D eigenvalue weighted by Gasteiger charge is 2.12. The van der Waals surface area contributed by atoms with E-state index in [-0.39, 0.29) is 5.57 Å². The molecule has 0 unspecified atom stereocenters. The number of nitrogens with one attached hydrogen (secondary N) is 1. The molecule has 1 amide bonds. The van der Waals surface area contributed by atoms with Gasteiger partial charge in [0.15, 0.2) is 0 Å². The van der Waals surface area contributed by atoms with Crippen LogP contribution < -0.4 is 10.1 Å². The minimum atomic E-state index is -0.457. The summed E-state index contributed by atoms with van der Waals surface area (Å²) in [4.78, 5) is 12.3. The van der Waals surface area contributed by atoms with Crippen molar-refractivity contribution in [3.63, 3.8) is 0 Å². The smallest absolute Gasteiger partial charge is 0.266 e. The van der Waals surface area contributed by atoms with Crippen molar-refractivity contribution >= 4 is 17.7 Å². The SMILES string of the molecule is CCOc1ccccc1NC(=O)/C(C#N)=C/c1cccc(C)c1. The van der Waals surface area contributed by atoms with Crippen molar-refractivity contribution in [1.82, 2.24) is 0 Å². The number of nitrogens with zero attached hydrogens (tertiary/aromatic N) is 1. The van der Waals surface area contributed by atoms with Crippen LogP contribution in [0.2, 0.25) is 0 Å². The molecule has 0 atom stereocenters. The fourth-order valence-corrected chi connectivity index (χ4v) is 2.12. The number of hydrogen-bond acceptors (Lipinski definition) is 3. The summed E-state index contributed by atoms with van der Waals surface area (Å²) in [5.74, 6) is 0.123. The van der Waals surface area contributed by atoms with E-state index in [9.17, 15) is 10.1 Å². The Kier molecular flexibility index (Phi) is 5.54. The predicted octanol–water partition coefficient (Wildman–Crippen LogP) is 3.94. The fraction of sp³-hybridized carbons (Fsp3) is 0.158. The maximum Gasteiger partial charge on any atom is 0.266 e. The highest BCUT2D eigenvalue weighted by atomic mass is 16.5. The van der Waals surface area contributed by atoms with Crippen LogP contribution in [0, 0.1) is 18.3 Å². The number of nitriles is 1. The van der Waals surface area contributed by atoms with Gasteiger partial charge in [-0.15, -0.1) is 0 Å². The molecule has 1 N–H and O–H groups in total. The average Bonchev–Trinajstić information content (AvgIpc) is 2.54. The first-order chi connectivity index (χ1) is 11.1. The number of ether oxygens (including phenoxy) is 1.